The van der Waals surface area contributed by atoms with Crippen molar-refractivity contribution in [2.24, 2.45) is 0 Å². The summed E-state index contributed by atoms with van der Waals surface area (Å²) in [5.41, 5.74) is 13.3. The molecule has 0 spiro atoms. The average molecular weight is 762 g/mol. The fourth-order valence-corrected chi connectivity index (χ4v) is 10.9. The van der Waals surface area contributed by atoms with Gasteiger partial charge in [0, 0.05) is 47.0 Å². The smallest absolute Gasteiger partial charge is 0.0640 e. The minimum Gasteiger partial charge on any atom is -0.309 e. The molecule has 11 rings (SSSR count). The van der Waals surface area contributed by atoms with Crippen molar-refractivity contribution in [2.45, 2.75) is 0 Å². The second kappa shape index (κ2) is 14.1. The van der Waals surface area contributed by atoms with Crippen LogP contribution in [-0.2, 0) is 0 Å². The van der Waals surface area contributed by atoms with E-state index in [0.29, 0.717) is 0 Å². The van der Waals surface area contributed by atoms with Crippen LogP contribution in [-0.4, -0.2) is 0 Å². The van der Waals surface area contributed by atoms with Crippen LogP contribution in [0.1, 0.15) is 0 Å². The SMILES string of the molecule is c1ccc(-c2ccccc2-c2ccc(N(c3ccc(-c4cccc5sc6ccccc6c45)cc3)c3cccc4c3sc3c(-c5ccccc5)cccc34)cc2)cc1. The highest BCUT2D eigenvalue weighted by molar-refractivity contribution is 7.27. The van der Waals surface area contributed by atoms with Gasteiger partial charge in [0.2, 0.25) is 0 Å². The van der Waals surface area contributed by atoms with E-state index in [4.69, 9.17) is 0 Å². The van der Waals surface area contributed by atoms with Crippen LogP contribution >= 0.6 is 22.7 Å². The number of fused-ring (bicyclic) bond motifs is 6. The van der Waals surface area contributed by atoms with Crippen molar-refractivity contribution >= 4 is 80.1 Å². The van der Waals surface area contributed by atoms with Gasteiger partial charge in [0.15, 0.2) is 0 Å². The van der Waals surface area contributed by atoms with E-state index in [1.165, 1.54) is 90.5 Å². The average Bonchev–Trinajstić information content (AvgIpc) is 3.87. The summed E-state index contributed by atoms with van der Waals surface area (Å²) in [4.78, 5) is 2.44. The van der Waals surface area contributed by atoms with Crippen LogP contribution < -0.4 is 4.90 Å². The van der Waals surface area contributed by atoms with E-state index in [1.54, 1.807) is 0 Å². The number of thiophene rings is 2. The Morgan fingerprint density at radius 3 is 1.42 bits per heavy atom. The van der Waals surface area contributed by atoms with Gasteiger partial charge in [-0.25, -0.2) is 0 Å². The molecule has 57 heavy (non-hydrogen) atoms. The third-order valence-electron chi connectivity index (χ3n) is 11.1. The second-order valence-electron chi connectivity index (χ2n) is 14.4. The minimum atomic E-state index is 1.11. The van der Waals surface area contributed by atoms with E-state index < -0.39 is 0 Å². The highest BCUT2D eigenvalue weighted by atomic mass is 32.1. The molecular formula is C54H35NS2. The third kappa shape index (κ3) is 5.83. The predicted octanol–water partition coefficient (Wildman–Crippen LogP) is 16.6. The standard InChI is InChI=1S/C54H35NS2/c1-3-14-36(15-4-1)42-18-7-8-19-43(42)38-28-32-40(33-29-38)55(41-34-30-39(31-35-41)44-21-13-27-51-52(44)48-20-9-10-26-50(48)56-51)49-25-12-24-47-46-23-11-22-45(53(46)57-54(47)49)37-16-5-2-6-17-37/h1-35H. The first-order valence-electron chi connectivity index (χ1n) is 19.3. The Hall–Kier alpha value is -6.78. The van der Waals surface area contributed by atoms with Crippen LogP contribution in [0.3, 0.4) is 0 Å². The molecular weight excluding hydrogens is 727 g/mol. The Bertz CT molecular complexity index is 3210. The van der Waals surface area contributed by atoms with Crippen molar-refractivity contribution in [3.05, 3.63) is 212 Å². The lowest BCUT2D eigenvalue weighted by Crippen LogP contribution is -2.10. The molecule has 11 aromatic rings. The predicted molar refractivity (Wildman–Crippen MR) is 249 cm³/mol. The van der Waals surface area contributed by atoms with Gasteiger partial charge in [-0.3, -0.25) is 0 Å². The van der Waals surface area contributed by atoms with Crippen molar-refractivity contribution in [3.8, 4) is 44.5 Å². The van der Waals surface area contributed by atoms with Crippen molar-refractivity contribution in [1.82, 2.24) is 0 Å². The molecule has 0 amide bonds. The first-order chi connectivity index (χ1) is 28.3. The summed E-state index contributed by atoms with van der Waals surface area (Å²) in [5.74, 6) is 0. The quantitative estimate of drug-likeness (QED) is 0.156. The Morgan fingerprint density at radius 1 is 0.281 bits per heavy atom. The van der Waals surface area contributed by atoms with Gasteiger partial charge in [-0.2, -0.15) is 0 Å². The van der Waals surface area contributed by atoms with Crippen LogP contribution in [0.4, 0.5) is 17.1 Å². The topological polar surface area (TPSA) is 3.24 Å². The van der Waals surface area contributed by atoms with E-state index in [9.17, 15) is 0 Å². The molecule has 1 nitrogen and oxygen atoms in total. The lowest BCUT2D eigenvalue weighted by Gasteiger charge is -2.26. The minimum absolute atomic E-state index is 1.11. The molecule has 0 fully saturated rings. The molecule has 268 valence electrons. The van der Waals surface area contributed by atoms with Gasteiger partial charge in [-0.1, -0.05) is 170 Å². The van der Waals surface area contributed by atoms with Crippen molar-refractivity contribution in [2.75, 3.05) is 4.90 Å². The molecule has 0 aliphatic heterocycles. The first kappa shape index (κ1) is 33.5. The lowest BCUT2D eigenvalue weighted by atomic mass is 9.94. The Kier molecular flexibility index (Phi) is 8.28. The number of hydrogen-bond donors (Lipinski definition) is 0. The van der Waals surface area contributed by atoms with Gasteiger partial charge >= 0.3 is 0 Å². The van der Waals surface area contributed by atoms with E-state index in [1.807, 2.05) is 22.7 Å². The number of hydrogen-bond acceptors (Lipinski definition) is 3. The summed E-state index contributed by atoms with van der Waals surface area (Å²) in [6.07, 6.45) is 0. The van der Waals surface area contributed by atoms with Crippen molar-refractivity contribution in [1.29, 1.82) is 0 Å². The molecule has 0 saturated carbocycles. The maximum Gasteiger partial charge on any atom is 0.0640 e. The summed E-state index contributed by atoms with van der Waals surface area (Å²) >= 11 is 3.76. The first-order valence-corrected chi connectivity index (χ1v) is 21.0. The molecule has 9 aromatic carbocycles. The van der Waals surface area contributed by atoms with E-state index >= 15 is 0 Å². The zero-order valence-electron chi connectivity index (χ0n) is 31.0. The summed E-state index contributed by atoms with van der Waals surface area (Å²) in [7, 11) is 0. The van der Waals surface area contributed by atoms with E-state index in [2.05, 4.69) is 217 Å². The molecule has 0 unspecified atom stereocenters. The van der Waals surface area contributed by atoms with E-state index in [0.717, 1.165) is 11.4 Å². The van der Waals surface area contributed by atoms with Gasteiger partial charge in [-0.05, 0) is 87.0 Å². The number of benzene rings is 9. The van der Waals surface area contributed by atoms with Crippen molar-refractivity contribution < 1.29 is 0 Å². The lowest BCUT2D eigenvalue weighted by molar-refractivity contribution is 1.30. The maximum absolute atomic E-state index is 2.44. The number of anilines is 3. The van der Waals surface area contributed by atoms with E-state index in [-0.39, 0.29) is 0 Å². The van der Waals surface area contributed by atoms with Crippen molar-refractivity contribution in [3.63, 3.8) is 0 Å². The van der Waals surface area contributed by atoms with Crippen LogP contribution in [0.5, 0.6) is 0 Å². The third-order valence-corrected chi connectivity index (χ3v) is 13.5. The molecule has 0 aliphatic rings. The summed E-state index contributed by atoms with van der Waals surface area (Å²) in [6, 6.07) is 77.4. The highest BCUT2D eigenvalue weighted by Gasteiger charge is 2.20. The molecule has 3 heteroatoms. The van der Waals surface area contributed by atoms with Crippen LogP contribution in [0, 0.1) is 0 Å². The summed E-state index contributed by atoms with van der Waals surface area (Å²) < 4.78 is 5.22. The summed E-state index contributed by atoms with van der Waals surface area (Å²) in [6.45, 7) is 0. The molecule has 0 atom stereocenters. The zero-order valence-corrected chi connectivity index (χ0v) is 32.6. The van der Waals surface area contributed by atoms with Gasteiger partial charge in [-0.15, -0.1) is 22.7 Å². The Labute approximate surface area is 340 Å². The molecule has 0 aliphatic carbocycles. The molecule has 2 aromatic heterocycles. The molecule has 0 radical (unpaired) electrons. The number of nitrogens with zero attached hydrogens (tertiary/aromatic N) is 1. The highest BCUT2D eigenvalue weighted by Crippen LogP contribution is 2.48. The molecule has 0 N–H and O–H groups in total. The normalized spacial score (nSPS) is 11.5. The van der Waals surface area contributed by atoms with Gasteiger partial charge in [0.05, 0.1) is 10.4 Å². The monoisotopic (exact) mass is 761 g/mol. The van der Waals surface area contributed by atoms with Gasteiger partial charge in [0.25, 0.3) is 0 Å². The van der Waals surface area contributed by atoms with Gasteiger partial charge in [0.1, 0.15) is 0 Å². The van der Waals surface area contributed by atoms with Gasteiger partial charge < -0.3 is 4.90 Å². The number of rotatable bonds is 7. The zero-order chi connectivity index (χ0) is 37.7. The molecule has 0 saturated heterocycles. The fourth-order valence-electron chi connectivity index (χ4n) is 8.45. The second-order valence-corrected chi connectivity index (χ2v) is 16.5. The Morgan fingerprint density at radius 2 is 0.737 bits per heavy atom. The van der Waals surface area contributed by atoms with Crippen LogP contribution in [0.2, 0.25) is 0 Å². The fraction of sp³-hybridized carbons (Fsp3) is 0. The largest absolute Gasteiger partial charge is 0.309 e. The Balaban J connectivity index is 1.07. The van der Waals surface area contributed by atoms with Crippen LogP contribution in [0.25, 0.3) is 84.9 Å². The molecule has 0 bridgehead atoms. The molecule has 2 heterocycles. The van der Waals surface area contributed by atoms with Crippen LogP contribution in [0.15, 0.2) is 212 Å². The maximum atomic E-state index is 2.44. The summed E-state index contributed by atoms with van der Waals surface area (Å²) in [5, 5.41) is 5.21.